The Bertz CT molecular complexity index is 541. The van der Waals surface area contributed by atoms with Gasteiger partial charge in [-0.05, 0) is 43.9 Å². The van der Waals surface area contributed by atoms with Crippen molar-refractivity contribution < 1.29 is 26.9 Å². The van der Waals surface area contributed by atoms with Crippen LogP contribution in [0.4, 0.5) is 0 Å². The van der Waals surface area contributed by atoms with E-state index in [0.717, 1.165) is 38.4 Å². The lowest BCUT2D eigenvalue weighted by Crippen LogP contribution is -2.37. The Balaban J connectivity index is 1.81. The van der Waals surface area contributed by atoms with Crippen LogP contribution < -0.4 is 0 Å². The van der Waals surface area contributed by atoms with Crippen LogP contribution in [0.15, 0.2) is 0 Å². The number of fused-ring (bicyclic) bond motifs is 2. The average molecular weight is 346 g/mol. The molecule has 0 amide bonds. The zero-order chi connectivity index (χ0) is 17.0. The van der Waals surface area contributed by atoms with Crippen LogP contribution in [0.1, 0.15) is 51.4 Å². The molecule has 6 nitrogen and oxygen atoms in total. The zero-order valence-corrected chi connectivity index (χ0v) is 14.6. The van der Waals surface area contributed by atoms with Crippen molar-refractivity contribution in [2.24, 2.45) is 17.8 Å². The predicted octanol–water partition coefficient (Wildman–Crippen LogP) is 2.07. The molecule has 7 heteroatoms. The molecule has 0 N–H and O–H groups in total. The molecule has 2 rings (SSSR count). The van der Waals surface area contributed by atoms with Gasteiger partial charge in [0.1, 0.15) is 5.78 Å². The number of unbranched alkanes of at least 4 members (excludes halogenated alkanes) is 2. The summed E-state index contributed by atoms with van der Waals surface area (Å²) in [4.78, 5) is 23.5. The first-order valence-corrected chi connectivity index (χ1v) is 10.1. The normalized spacial score (nSPS) is 29.7. The van der Waals surface area contributed by atoms with Crippen molar-refractivity contribution >= 4 is 21.9 Å². The minimum absolute atomic E-state index is 0.115. The number of methoxy groups -OCH3 is 1. The van der Waals surface area contributed by atoms with Gasteiger partial charge in [-0.2, -0.15) is 8.42 Å². The Morgan fingerprint density at radius 1 is 1.04 bits per heavy atom. The topological polar surface area (TPSA) is 86.7 Å². The van der Waals surface area contributed by atoms with Gasteiger partial charge in [0.25, 0.3) is 10.1 Å². The molecular weight excluding hydrogens is 320 g/mol. The Morgan fingerprint density at radius 2 is 1.70 bits per heavy atom. The van der Waals surface area contributed by atoms with Crippen LogP contribution >= 0.6 is 0 Å². The van der Waals surface area contributed by atoms with Gasteiger partial charge in [-0.3, -0.25) is 13.8 Å². The molecule has 0 heterocycles. The second-order valence-corrected chi connectivity index (χ2v) is 8.33. The number of hydrogen-bond donors (Lipinski definition) is 0. The highest BCUT2D eigenvalue weighted by Crippen LogP contribution is 2.51. The van der Waals surface area contributed by atoms with Crippen molar-refractivity contribution in [1.29, 1.82) is 0 Å². The maximum absolute atomic E-state index is 12.5. The quantitative estimate of drug-likeness (QED) is 0.361. The summed E-state index contributed by atoms with van der Waals surface area (Å²) in [6.07, 6.45) is 6.45. The monoisotopic (exact) mass is 346 g/mol. The van der Waals surface area contributed by atoms with E-state index in [1.54, 1.807) is 0 Å². The molecule has 0 aromatic carbocycles. The highest BCUT2D eigenvalue weighted by Gasteiger charge is 2.52. The van der Waals surface area contributed by atoms with Crippen molar-refractivity contribution in [3.8, 4) is 0 Å². The minimum atomic E-state index is -3.54. The molecule has 2 saturated carbocycles. The average Bonchev–Trinajstić information content (AvgIpc) is 3.05. The van der Waals surface area contributed by atoms with Gasteiger partial charge in [-0.25, -0.2) is 0 Å². The Kier molecular flexibility index (Phi) is 6.19. The lowest BCUT2D eigenvalue weighted by Gasteiger charge is -2.29. The van der Waals surface area contributed by atoms with Crippen LogP contribution in [0.5, 0.6) is 0 Å². The van der Waals surface area contributed by atoms with Gasteiger partial charge in [0.15, 0.2) is 0 Å². The molecule has 0 aliphatic heterocycles. The first kappa shape index (κ1) is 18.4. The number of esters is 1. The third kappa shape index (κ3) is 5.01. The minimum Gasteiger partial charge on any atom is -0.469 e. The van der Waals surface area contributed by atoms with Crippen molar-refractivity contribution in [3.05, 3.63) is 0 Å². The number of hydrogen-bond acceptors (Lipinski definition) is 6. The molecule has 0 unspecified atom stereocenters. The van der Waals surface area contributed by atoms with E-state index in [9.17, 15) is 18.0 Å². The Morgan fingerprint density at radius 3 is 2.35 bits per heavy atom. The summed E-state index contributed by atoms with van der Waals surface area (Å²) in [6, 6.07) is 0. The van der Waals surface area contributed by atoms with E-state index in [-0.39, 0.29) is 29.5 Å². The maximum atomic E-state index is 12.5. The third-order valence-corrected chi connectivity index (χ3v) is 5.60. The van der Waals surface area contributed by atoms with E-state index >= 15 is 0 Å². The van der Waals surface area contributed by atoms with Crippen LogP contribution in [-0.2, 0) is 28.6 Å². The van der Waals surface area contributed by atoms with E-state index in [1.165, 1.54) is 7.11 Å². The zero-order valence-electron chi connectivity index (χ0n) is 13.8. The van der Waals surface area contributed by atoms with Crippen LogP contribution in [0.25, 0.3) is 0 Å². The number of carbonyl (C=O) groups excluding carboxylic acids is 2. The lowest BCUT2D eigenvalue weighted by atomic mass is 9.82. The van der Waals surface area contributed by atoms with Crippen molar-refractivity contribution in [2.45, 2.75) is 57.5 Å². The van der Waals surface area contributed by atoms with Crippen LogP contribution in [0.3, 0.4) is 0 Å². The molecule has 2 bridgehead atoms. The van der Waals surface area contributed by atoms with Crippen LogP contribution in [0.2, 0.25) is 0 Å². The van der Waals surface area contributed by atoms with Crippen molar-refractivity contribution in [3.63, 3.8) is 0 Å². The molecule has 4 atom stereocenters. The molecule has 0 spiro atoms. The van der Waals surface area contributed by atoms with E-state index in [4.69, 9.17) is 4.18 Å². The Labute approximate surface area is 138 Å². The molecule has 2 fully saturated rings. The largest absolute Gasteiger partial charge is 0.469 e. The van der Waals surface area contributed by atoms with Crippen LogP contribution in [-0.4, -0.2) is 39.6 Å². The molecule has 0 aromatic heterocycles. The third-order valence-electron chi connectivity index (χ3n) is 5.03. The van der Waals surface area contributed by atoms with Crippen molar-refractivity contribution in [1.82, 2.24) is 0 Å². The summed E-state index contributed by atoms with van der Waals surface area (Å²) in [5.41, 5.74) is 0. The smallest absolute Gasteiger partial charge is 0.305 e. The summed E-state index contributed by atoms with van der Waals surface area (Å²) >= 11 is 0. The molecule has 132 valence electrons. The highest BCUT2D eigenvalue weighted by molar-refractivity contribution is 7.86. The Hall–Kier alpha value is -0.950. The maximum Gasteiger partial charge on any atom is 0.305 e. The molecule has 2 aliphatic carbocycles. The first-order chi connectivity index (χ1) is 10.8. The summed E-state index contributed by atoms with van der Waals surface area (Å²) < 4.78 is 32.7. The molecule has 23 heavy (non-hydrogen) atoms. The number of rotatable bonds is 9. The molecule has 0 radical (unpaired) electrons. The summed E-state index contributed by atoms with van der Waals surface area (Å²) in [6.45, 7) is 0. The second kappa shape index (κ2) is 7.75. The van der Waals surface area contributed by atoms with E-state index in [1.807, 2.05) is 0 Å². The number of ketones is 1. The summed E-state index contributed by atoms with van der Waals surface area (Å²) in [7, 11) is -2.18. The number of carbonyl (C=O) groups is 2. The molecule has 0 aromatic rings. The van der Waals surface area contributed by atoms with Gasteiger partial charge >= 0.3 is 5.97 Å². The van der Waals surface area contributed by atoms with Gasteiger partial charge < -0.3 is 4.74 Å². The van der Waals surface area contributed by atoms with Gasteiger partial charge in [-0.1, -0.05) is 6.42 Å². The van der Waals surface area contributed by atoms with E-state index in [2.05, 4.69) is 4.74 Å². The fraction of sp³-hybridized carbons (Fsp3) is 0.875. The standard InChI is InChI=1S/C16H26O6S/c1-21-14(18)7-5-3-4-6-13(17)15-11-8-9-12(10-11)16(15)22-23(2,19)20/h11-12,15-16H,3-10H2,1-2H3/t11-,12+,15-,16-/m0/s1. The fourth-order valence-electron chi connectivity index (χ4n) is 4.04. The van der Waals surface area contributed by atoms with Crippen molar-refractivity contribution in [2.75, 3.05) is 13.4 Å². The van der Waals surface area contributed by atoms with E-state index in [0.29, 0.717) is 19.3 Å². The highest BCUT2D eigenvalue weighted by atomic mass is 32.2. The number of Topliss-reactive ketones (excluding diaryl/α,β-unsaturated/α-hetero) is 1. The molecule has 2 aliphatic rings. The predicted molar refractivity (Wildman–Crippen MR) is 84.1 cm³/mol. The van der Waals surface area contributed by atoms with Crippen LogP contribution in [0, 0.1) is 17.8 Å². The van der Waals surface area contributed by atoms with E-state index < -0.39 is 16.2 Å². The second-order valence-electron chi connectivity index (χ2n) is 6.73. The van der Waals surface area contributed by atoms with Gasteiger partial charge in [0, 0.05) is 18.8 Å². The van der Waals surface area contributed by atoms with Gasteiger partial charge in [-0.15, -0.1) is 0 Å². The fourth-order valence-corrected chi connectivity index (χ4v) is 4.72. The molecular formula is C16H26O6S. The first-order valence-electron chi connectivity index (χ1n) is 8.29. The number of ether oxygens (including phenoxy) is 1. The SMILES string of the molecule is COC(=O)CCCCCC(=O)[C@@H]1[C@H]2CC[C@H](C2)[C@@H]1OS(C)(=O)=O. The lowest BCUT2D eigenvalue weighted by molar-refractivity contribution is -0.140. The summed E-state index contributed by atoms with van der Waals surface area (Å²) in [5, 5.41) is 0. The summed E-state index contributed by atoms with van der Waals surface area (Å²) in [5.74, 6) is 0.0800. The van der Waals surface area contributed by atoms with Gasteiger partial charge in [0.2, 0.25) is 0 Å². The van der Waals surface area contributed by atoms with Gasteiger partial charge in [0.05, 0.1) is 19.5 Å². The molecule has 0 saturated heterocycles.